The molecule has 0 spiro atoms. The number of hydrogen-bond acceptors (Lipinski definition) is 2. The third-order valence-corrected chi connectivity index (χ3v) is 3.96. The Kier molecular flexibility index (Phi) is 3.66. The molecule has 0 saturated carbocycles. The van der Waals surface area contributed by atoms with Crippen molar-refractivity contribution in [3.8, 4) is 0 Å². The van der Waals surface area contributed by atoms with E-state index in [1.165, 1.54) is 11.5 Å². The van der Waals surface area contributed by atoms with E-state index >= 15 is 0 Å². The summed E-state index contributed by atoms with van der Waals surface area (Å²) in [6, 6.07) is 0. The Balaban J connectivity index is 2.20. The first-order valence-electron chi connectivity index (χ1n) is 3.32. The highest BCUT2D eigenvalue weighted by Crippen LogP contribution is 2.09. The van der Waals surface area contributed by atoms with Crippen molar-refractivity contribution in [3.05, 3.63) is 0 Å². The van der Waals surface area contributed by atoms with E-state index in [1.807, 2.05) is 11.8 Å². The molecule has 0 amide bonds. The number of thioether (sulfide) groups is 1. The summed E-state index contributed by atoms with van der Waals surface area (Å²) in [5.41, 5.74) is 0. The summed E-state index contributed by atoms with van der Waals surface area (Å²) < 4.78 is 10.9. The average molecular weight is 164 g/mol. The molecule has 1 aliphatic heterocycles. The van der Waals surface area contributed by atoms with Crippen molar-refractivity contribution in [2.45, 2.75) is 12.8 Å². The standard InChI is InChI=1S/C6H12OS2/c7-9-5-1-3-8-4-2-6-9/h1-6H2. The van der Waals surface area contributed by atoms with Gasteiger partial charge in [0.05, 0.1) is 0 Å². The van der Waals surface area contributed by atoms with E-state index in [2.05, 4.69) is 0 Å². The molecule has 0 unspecified atom stereocenters. The topological polar surface area (TPSA) is 17.1 Å². The number of hydrogen-bond donors (Lipinski definition) is 0. The first-order valence-corrected chi connectivity index (χ1v) is 5.96. The Morgan fingerprint density at radius 3 is 2.22 bits per heavy atom. The van der Waals surface area contributed by atoms with Gasteiger partial charge < -0.3 is 0 Å². The zero-order chi connectivity index (χ0) is 6.53. The molecule has 0 radical (unpaired) electrons. The SMILES string of the molecule is O=S1CCCSCCC1. The molecule has 0 N–H and O–H groups in total. The van der Waals surface area contributed by atoms with Crippen molar-refractivity contribution in [1.82, 2.24) is 0 Å². The Bertz CT molecular complexity index is 93.2. The highest BCUT2D eigenvalue weighted by atomic mass is 32.2. The second-order valence-corrected chi connectivity index (χ2v) is 5.09. The van der Waals surface area contributed by atoms with E-state index in [0.717, 1.165) is 24.3 Å². The number of rotatable bonds is 0. The maximum Gasteiger partial charge on any atom is 0.0242 e. The zero-order valence-electron chi connectivity index (χ0n) is 5.47. The van der Waals surface area contributed by atoms with Gasteiger partial charge in [0, 0.05) is 22.3 Å². The second kappa shape index (κ2) is 4.34. The molecule has 1 aliphatic rings. The maximum absolute atomic E-state index is 10.9. The molecule has 1 fully saturated rings. The summed E-state index contributed by atoms with van der Waals surface area (Å²) >= 11 is 2.00. The minimum Gasteiger partial charge on any atom is -0.260 e. The predicted octanol–water partition coefficient (Wildman–Crippen LogP) is 1.26. The van der Waals surface area contributed by atoms with Gasteiger partial charge in [0.2, 0.25) is 0 Å². The predicted molar refractivity (Wildman–Crippen MR) is 44.4 cm³/mol. The molecule has 9 heavy (non-hydrogen) atoms. The van der Waals surface area contributed by atoms with Gasteiger partial charge in [-0.1, -0.05) is 0 Å². The molecular formula is C6H12OS2. The summed E-state index contributed by atoms with van der Waals surface area (Å²) in [6.07, 6.45) is 2.30. The summed E-state index contributed by atoms with van der Waals surface area (Å²) in [5, 5.41) is 0. The van der Waals surface area contributed by atoms with Crippen LogP contribution in [0.1, 0.15) is 12.8 Å². The van der Waals surface area contributed by atoms with Crippen LogP contribution in [0.3, 0.4) is 0 Å². The van der Waals surface area contributed by atoms with Gasteiger partial charge in [-0.15, -0.1) is 0 Å². The molecule has 54 valence electrons. The first-order chi connectivity index (χ1) is 4.39. The van der Waals surface area contributed by atoms with E-state index in [1.54, 1.807) is 0 Å². The Morgan fingerprint density at radius 2 is 1.67 bits per heavy atom. The quantitative estimate of drug-likeness (QED) is 0.536. The Morgan fingerprint density at radius 1 is 1.11 bits per heavy atom. The van der Waals surface area contributed by atoms with Crippen LogP contribution in [0.15, 0.2) is 0 Å². The lowest BCUT2D eigenvalue weighted by molar-refractivity contribution is 0.680. The van der Waals surface area contributed by atoms with Crippen LogP contribution in [0.5, 0.6) is 0 Å². The van der Waals surface area contributed by atoms with Crippen LogP contribution in [0.25, 0.3) is 0 Å². The normalized spacial score (nSPS) is 24.9. The fourth-order valence-corrected chi connectivity index (χ4v) is 3.25. The molecule has 1 saturated heterocycles. The van der Waals surface area contributed by atoms with E-state index in [-0.39, 0.29) is 0 Å². The highest BCUT2D eigenvalue weighted by molar-refractivity contribution is 7.99. The fourth-order valence-electron chi connectivity index (χ4n) is 0.848. The van der Waals surface area contributed by atoms with E-state index in [0.29, 0.717) is 0 Å². The lowest BCUT2D eigenvalue weighted by Gasteiger charge is -2.06. The van der Waals surface area contributed by atoms with Crippen LogP contribution >= 0.6 is 11.8 Å². The molecule has 0 aromatic heterocycles. The molecule has 1 rings (SSSR count). The van der Waals surface area contributed by atoms with Gasteiger partial charge in [0.1, 0.15) is 0 Å². The zero-order valence-corrected chi connectivity index (χ0v) is 7.10. The minimum atomic E-state index is -0.482. The largest absolute Gasteiger partial charge is 0.260 e. The molecule has 0 aliphatic carbocycles. The Labute approximate surface area is 63.1 Å². The van der Waals surface area contributed by atoms with Gasteiger partial charge in [0.15, 0.2) is 0 Å². The highest BCUT2D eigenvalue weighted by Gasteiger charge is 2.02. The van der Waals surface area contributed by atoms with Crippen LogP contribution in [-0.2, 0) is 10.8 Å². The lowest BCUT2D eigenvalue weighted by atomic mass is 10.6. The van der Waals surface area contributed by atoms with E-state index < -0.39 is 10.8 Å². The van der Waals surface area contributed by atoms with Crippen LogP contribution in [0, 0.1) is 0 Å². The van der Waals surface area contributed by atoms with Gasteiger partial charge in [-0.2, -0.15) is 11.8 Å². The summed E-state index contributed by atoms with van der Waals surface area (Å²) in [7, 11) is -0.482. The second-order valence-electron chi connectivity index (χ2n) is 2.17. The van der Waals surface area contributed by atoms with Crippen molar-refractivity contribution < 1.29 is 4.21 Å². The molecule has 1 heterocycles. The Hall–Kier alpha value is 0.500. The molecular weight excluding hydrogens is 152 g/mol. The summed E-state index contributed by atoms with van der Waals surface area (Å²) in [6.45, 7) is 0. The summed E-state index contributed by atoms with van der Waals surface area (Å²) in [4.78, 5) is 0. The van der Waals surface area contributed by atoms with Gasteiger partial charge in [-0.05, 0) is 24.3 Å². The van der Waals surface area contributed by atoms with Gasteiger partial charge in [-0.25, -0.2) is 0 Å². The van der Waals surface area contributed by atoms with Crippen LogP contribution < -0.4 is 0 Å². The van der Waals surface area contributed by atoms with E-state index in [9.17, 15) is 4.21 Å². The lowest BCUT2D eigenvalue weighted by Crippen LogP contribution is -2.07. The minimum absolute atomic E-state index is 0.482. The van der Waals surface area contributed by atoms with Gasteiger partial charge in [0.25, 0.3) is 0 Å². The van der Waals surface area contributed by atoms with Crippen molar-refractivity contribution >= 4 is 22.6 Å². The summed E-state index contributed by atoms with van der Waals surface area (Å²) in [5.74, 6) is 4.30. The molecule has 0 aromatic carbocycles. The molecule has 3 heteroatoms. The third-order valence-electron chi connectivity index (χ3n) is 1.32. The molecule has 0 atom stereocenters. The average Bonchev–Trinajstić information content (AvgIpc) is 1.79. The third kappa shape index (κ3) is 3.26. The monoisotopic (exact) mass is 164 g/mol. The molecule has 0 aromatic rings. The maximum atomic E-state index is 10.9. The first kappa shape index (κ1) is 7.61. The van der Waals surface area contributed by atoms with Crippen LogP contribution in [-0.4, -0.2) is 27.2 Å². The van der Waals surface area contributed by atoms with Crippen molar-refractivity contribution in [2.24, 2.45) is 0 Å². The van der Waals surface area contributed by atoms with Crippen molar-refractivity contribution in [3.63, 3.8) is 0 Å². The van der Waals surface area contributed by atoms with Gasteiger partial charge in [-0.3, -0.25) is 4.21 Å². The van der Waals surface area contributed by atoms with Crippen LogP contribution in [0.2, 0.25) is 0 Å². The molecule has 1 nitrogen and oxygen atoms in total. The van der Waals surface area contributed by atoms with E-state index in [4.69, 9.17) is 0 Å². The molecule has 0 bridgehead atoms. The van der Waals surface area contributed by atoms with Crippen LogP contribution in [0.4, 0.5) is 0 Å². The smallest absolute Gasteiger partial charge is 0.0242 e. The van der Waals surface area contributed by atoms with Crippen molar-refractivity contribution in [2.75, 3.05) is 23.0 Å². The van der Waals surface area contributed by atoms with Gasteiger partial charge >= 0.3 is 0 Å². The fraction of sp³-hybridized carbons (Fsp3) is 1.00. The van der Waals surface area contributed by atoms with Crippen molar-refractivity contribution in [1.29, 1.82) is 0 Å².